The summed E-state index contributed by atoms with van der Waals surface area (Å²) in [6.45, 7) is 4.19. The zero-order valence-electron chi connectivity index (χ0n) is 11.0. The summed E-state index contributed by atoms with van der Waals surface area (Å²) in [5.74, 6) is -0.166. The number of nitrogens with zero attached hydrogens (tertiary/aromatic N) is 1. The number of hydrogen-bond acceptors (Lipinski definition) is 4. The molecule has 2 aromatic rings. The van der Waals surface area contributed by atoms with E-state index in [1.807, 2.05) is 44.2 Å². The number of carbonyl (C=O) groups is 1. The van der Waals surface area contributed by atoms with Crippen LogP contribution in [0.3, 0.4) is 0 Å². The third-order valence-electron chi connectivity index (χ3n) is 2.72. The van der Waals surface area contributed by atoms with Gasteiger partial charge in [-0.15, -0.1) is 11.3 Å². The summed E-state index contributed by atoms with van der Waals surface area (Å²) in [6.07, 6.45) is 0. The number of thiazole rings is 1. The summed E-state index contributed by atoms with van der Waals surface area (Å²) in [7, 11) is 0. The van der Waals surface area contributed by atoms with E-state index in [1.54, 1.807) is 0 Å². The number of aryl methyl sites for hydroxylation is 1. The van der Waals surface area contributed by atoms with Crippen molar-refractivity contribution in [2.24, 2.45) is 5.73 Å². The number of hydrogen-bond donors (Lipinski definition) is 2. The smallest absolute Gasteiger partial charge is 0.271 e. The highest BCUT2D eigenvalue weighted by molar-refractivity contribution is 7.15. The van der Waals surface area contributed by atoms with Gasteiger partial charge in [-0.05, 0) is 19.4 Å². The van der Waals surface area contributed by atoms with E-state index in [2.05, 4.69) is 10.3 Å². The van der Waals surface area contributed by atoms with Crippen molar-refractivity contribution in [3.05, 3.63) is 41.0 Å². The molecule has 0 spiro atoms. The van der Waals surface area contributed by atoms with Gasteiger partial charge in [0, 0.05) is 12.6 Å². The third-order valence-corrected chi connectivity index (χ3v) is 3.74. The van der Waals surface area contributed by atoms with E-state index >= 15 is 0 Å². The van der Waals surface area contributed by atoms with Crippen molar-refractivity contribution < 1.29 is 4.79 Å². The van der Waals surface area contributed by atoms with Crippen molar-refractivity contribution >= 4 is 17.2 Å². The zero-order chi connectivity index (χ0) is 13.8. The van der Waals surface area contributed by atoms with Gasteiger partial charge < -0.3 is 11.1 Å². The van der Waals surface area contributed by atoms with E-state index in [1.165, 1.54) is 11.3 Å². The highest BCUT2D eigenvalue weighted by Crippen LogP contribution is 2.29. The van der Waals surface area contributed by atoms with Crippen molar-refractivity contribution in [1.29, 1.82) is 0 Å². The predicted molar refractivity (Wildman–Crippen MR) is 78.3 cm³/mol. The minimum atomic E-state index is -0.166. The topological polar surface area (TPSA) is 68.0 Å². The Morgan fingerprint density at radius 3 is 2.74 bits per heavy atom. The van der Waals surface area contributed by atoms with Crippen LogP contribution in [-0.2, 0) is 0 Å². The van der Waals surface area contributed by atoms with Gasteiger partial charge in [0.25, 0.3) is 5.91 Å². The maximum absolute atomic E-state index is 12.2. The molecule has 0 bridgehead atoms. The maximum atomic E-state index is 12.2. The lowest BCUT2D eigenvalue weighted by molar-refractivity contribution is 0.0937. The van der Waals surface area contributed by atoms with Crippen molar-refractivity contribution in [3.63, 3.8) is 0 Å². The summed E-state index contributed by atoms with van der Waals surface area (Å²) in [5.41, 5.74) is 7.01. The Labute approximate surface area is 116 Å². The maximum Gasteiger partial charge on any atom is 0.271 e. The molecule has 5 heteroatoms. The first kappa shape index (κ1) is 13.7. The highest BCUT2D eigenvalue weighted by Gasteiger charge is 2.19. The van der Waals surface area contributed by atoms with Crippen LogP contribution >= 0.6 is 11.3 Å². The molecule has 0 aliphatic rings. The Balaban J connectivity index is 2.34. The predicted octanol–water partition coefficient (Wildman–Crippen LogP) is 2.20. The molecule has 0 aliphatic heterocycles. The Morgan fingerprint density at radius 1 is 1.42 bits per heavy atom. The van der Waals surface area contributed by atoms with Crippen molar-refractivity contribution in [2.75, 3.05) is 6.54 Å². The number of nitrogens with one attached hydrogen (secondary N) is 1. The molecular formula is C14H17N3OS. The van der Waals surface area contributed by atoms with Crippen molar-refractivity contribution in [1.82, 2.24) is 10.3 Å². The molecule has 0 saturated carbocycles. The molecule has 100 valence electrons. The Morgan fingerprint density at radius 2 is 2.11 bits per heavy atom. The molecule has 0 saturated heterocycles. The van der Waals surface area contributed by atoms with Gasteiger partial charge in [0.1, 0.15) is 5.69 Å². The van der Waals surface area contributed by atoms with Gasteiger partial charge in [0.05, 0.1) is 9.88 Å². The van der Waals surface area contributed by atoms with Gasteiger partial charge in [0.2, 0.25) is 0 Å². The fourth-order valence-corrected chi connectivity index (χ4v) is 2.64. The van der Waals surface area contributed by atoms with E-state index in [0.29, 0.717) is 12.2 Å². The number of benzene rings is 1. The lowest BCUT2D eigenvalue weighted by Gasteiger charge is -2.10. The van der Waals surface area contributed by atoms with E-state index in [9.17, 15) is 4.79 Å². The Kier molecular flexibility index (Phi) is 4.29. The van der Waals surface area contributed by atoms with E-state index in [4.69, 9.17) is 5.73 Å². The minimum absolute atomic E-state index is 0.0573. The van der Waals surface area contributed by atoms with Crippen LogP contribution in [0, 0.1) is 6.92 Å². The van der Waals surface area contributed by atoms with Crippen LogP contribution in [0.25, 0.3) is 10.4 Å². The fourth-order valence-electron chi connectivity index (χ4n) is 1.72. The Hall–Kier alpha value is -1.72. The molecule has 1 amide bonds. The lowest BCUT2D eigenvalue weighted by atomic mass is 10.1. The first-order valence-electron chi connectivity index (χ1n) is 6.15. The van der Waals surface area contributed by atoms with Crippen LogP contribution in [-0.4, -0.2) is 23.5 Å². The number of rotatable bonds is 4. The molecule has 19 heavy (non-hydrogen) atoms. The summed E-state index contributed by atoms with van der Waals surface area (Å²) < 4.78 is 0. The van der Waals surface area contributed by atoms with Crippen LogP contribution in [0.4, 0.5) is 0 Å². The fraction of sp³-hybridized carbons (Fsp3) is 0.286. The molecule has 0 unspecified atom stereocenters. The molecule has 1 atom stereocenters. The molecular weight excluding hydrogens is 258 g/mol. The van der Waals surface area contributed by atoms with Gasteiger partial charge in [-0.3, -0.25) is 4.79 Å². The van der Waals surface area contributed by atoms with E-state index in [0.717, 1.165) is 15.4 Å². The van der Waals surface area contributed by atoms with E-state index < -0.39 is 0 Å². The van der Waals surface area contributed by atoms with Crippen LogP contribution in [0.15, 0.2) is 30.3 Å². The molecule has 1 heterocycles. The van der Waals surface area contributed by atoms with Gasteiger partial charge in [-0.1, -0.05) is 30.3 Å². The molecule has 2 rings (SSSR count). The molecule has 3 N–H and O–H groups in total. The van der Waals surface area contributed by atoms with Gasteiger partial charge in [0.15, 0.2) is 0 Å². The second-order valence-corrected chi connectivity index (χ2v) is 5.59. The van der Waals surface area contributed by atoms with Crippen molar-refractivity contribution in [2.45, 2.75) is 19.9 Å². The van der Waals surface area contributed by atoms with E-state index in [-0.39, 0.29) is 11.9 Å². The van der Waals surface area contributed by atoms with Crippen LogP contribution < -0.4 is 11.1 Å². The molecule has 1 aromatic heterocycles. The zero-order valence-corrected chi connectivity index (χ0v) is 11.8. The average Bonchev–Trinajstić information content (AvgIpc) is 2.82. The number of nitrogens with two attached hydrogens (primary N) is 1. The largest absolute Gasteiger partial charge is 0.347 e. The summed E-state index contributed by atoms with van der Waals surface area (Å²) in [5, 5.41) is 3.73. The van der Waals surface area contributed by atoms with Gasteiger partial charge >= 0.3 is 0 Å². The molecule has 0 fully saturated rings. The number of amides is 1. The molecule has 0 aliphatic carbocycles. The number of carbonyl (C=O) groups excluding carboxylic acids is 1. The molecule has 0 radical (unpaired) electrons. The highest BCUT2D eigenvalue weighted by atomic mass is 32.1. The molecule has 1 aromatic carbocycles. The SMILES string of the molecule is Cc1nc(C(=O)N[C@@H](C)CN)c(-c2ccccc2)s1. The van der Waals surface area contributed by atoms with Crippen LogP contribution in [0.1, 0.15) is 22.4 Å². The first-order valence-corrected chi connectivity index (χ1v) is 6.97. The minimum Gasteiger partial charge on any atom is -0.347 e. The quantitative estimate of drug-likeness (QED) is 0.898. The third kappa shape index (κ3) is 3.19. The average molecular weight is 275 g/mol. The standard InChI is InChI=1S/C14H17N3OS/c1-9(8-15)16-14(18)12-13(19-10(2)17-12)11-6-4-3-5-7-11/h3-7,9H,8,15H2,1-2H3,(H,16,18)/t9-/m0/s1. The normalized spacial score (nSPS) is 12.2. The summed E-state index contributed by atoms with van der Waals surface area (Å²) in [6, 6.07) is 9.77. The summed E-state index contributed by atoms with van der Waals surface area (Å²) in [4.78, 5) is 17.4. The van der Waals surface area contributed by atoms with Crippen LogP contribution in [0.5, 0.6) is 0 Å². The van der Waals surface area contributed by atoms with Crippen LogP contribution in [0.2, 0.25) is 0 Å². The lowest BCUT2D eigenvalue weighted by Crippen LogP contribution is -2.38. The second-order valence-electron chi connectivity index (χ2n) is 4.39. The monoisotopic (exact) mass is 275 g/mol. The van der Waals surface area contributed by atoms with Crippen molar-refractivity contribution in [3.8, 4) is 10.4 Å². The first-order chi connectivity index (χ1) is 9.11. The van der Waals surface area contributed by atoms with Gasteiger partial charge in [-0.2, -0.15) is 0 Å². The second kappa shape index (κ2) is 5.95. The Bertz CT molecular complexity index is 565. The summed E-state index contributed by atoms with van der Waals surface area (Å²) >= 11 is 1.53. The molecule has 4 nitrogen and oxygen atoms in total. The van der Waals surface area contributed by atoms with Gasteiger partial charge in [-0.25, -0.2) is 4.98 Å². The number of aromatic nitrogens is 1.